The zero-order valence-electron chi connectivity index (χ0n) is 37.4. The lowest BCUT2D eigenvalue weighted by molar-refractivity contribution is 0.668. The smallest absolute Gasteiger partial charge is 0.166 e. The van der Waals surface area contributed by atoms with E-state index < -0.39 is 0 Å². The van der Waals surface area contributed by atoms with Gasteiger partial charge in [-0.15, -0.1) is 0 Å². The van der Waals surface area contributed by atoms with Crippen LogP contribution in [-0.2, 0) is 0 Å². The van der Waals surface area contributed by atoms with Crippen molar-refractivity contribution in [1.29, 1.82) is 0 Å². The number of benzene rings is 10. The molecule has 10 aromatic carbocycles. The number of furan rings is 2. The predicted octanol–water partition coefficient (Wildman–Crippen LogP) is 16.5. The van der Waals surface area contributed by atoms with Gasteiger partial charge in [0, 0.05) is 65.5 Å². The van der Waals surface area contributed by atoms with Gasteiger partial charge in [-0.2, -0.15) is 0 Å². The van der Waals surface area contributed by atoms with Crippen LogP contribution in [0.4, 0.5) is 0 Å². The van der Waals surface area contributed by atoms with Crippen LogP contribution in [0.15, 0.2) is 233 Å². The molecular weight excluding hydrogens is 859 g/mol. The number of rotatable bonds is 6. The third-order valence-electron chi connectivity index (χ3n) is 14.0. The second kappa shape index (κ2) is 15.0. The highest BCUT2D eigenvalue weighted by molar-refractivity contribution is 6.24. The number of hydrogen-bond donors (Lipinski definition) is 0. The van der Waals surface area contributed by atoms with Gasteiger partial charge in [0.25, 0.3) is 0 Å². The van der Waals surface area contributed by atoms with Crippen LogP contribution >= 0.6 is 0 Å². The molecule has 0 spiro atoms. The first kappa shape index (κ1) is 38.5. The lowest BCUT2D eigenvalue weighted by atomic mass is 9.99. The quantitative estimate of drug-likeness (QED) is 0.166. The molecule has 5 heterocycles. The first-order valence-electron chi connectivity index (χ1n) is 23.5. The first-order valence-corrected chi connectivity index (χ1v) is 23.5. The van der Waals surface area contributed by atoms with E-state index in [1.807, 2.05) is 36.4 Å². The SMILES string of the molecule is c1ccc(-c2cccc3oc4cc(-c5nc(-c6ccc7c(c6)oc6ccccc67)nc(-c6ccccc6-n6c7ccccc7c7ccc8c9ccccc9n(-c9ccccc9)c8c76)n5)ccc4c23)cc1. The minimum absolute atomic E-state index is 0.527. The molecule has 0 saturated carbocycles. The zero-order valence-corrected chi connectivity index (χ0v) is 37.4. The van der Waals surface area contributed by atoms with Gasteiger partial charge in [0.15, 0.2) is 17.5 Å². The van der Waals surface area contributed by atoms with Crippen LogP contribution in [0.3, 0.4) is 0 Å². The van der Waals surface area contributed by atoms with Crippen molar-refractivity contribution in [2.45, 2.75) is 0 Å². The Labute approximate surface area is 399 Å². The van der Waals surface area contributed by atoms with E-state index in [0.29, 0.717) is 17.5 Å². The lowest BCUT2D eigenvalue weighted by Gasteiger charge is -2.16. The summed E-state index contributed by atoms with van der Waals surface area (Å²) < 4.78 is 17.9. The molecular formula is C63H37N5O2. The molecule has 0 radical (unpaired) electrons. The summed E-state index contributed by atoms with van der Waals surface area (Å²) in [5.41, 5.74) is 14.4. The fraction of sp³-hybridized carbons (Fsp3) is 0. The molecule has 0 fully saturated rings. The maximum absolute atomic E-state index is 6.64. The van der Waals surface area contributed by atoms with Crippen LogP contribution in [0.2, 0.25) is 0 Å². The van der Waals surface area contributed by atoms with Gasteiger partial charge in [0.2, 0.25) is 0 Å². The molecule has 5 aromatic heterocycles. The van der Waals surface area contributed by atoms with Crippen molar-refractivity contribution in [3.63, 3.8) is 0 Å². The lowest BCUT2D eigenvalue weighted by Crippen LogP contribution is -2.04. The van der Waals surface area contributed by atoms with Crippen LogP contribution in [0.25, 0.3) is 144 Å². The van der Waals surface area contributed by atoms with Crippen LogP contribution < -0.4 is 0 Å². The molecule has 0 aliphatic rings. The molecule has 15 rings (SSSR count). The minimum atomic E-state index is 0.527. The highest BCUT2D eigenvalue weighted by atomic mass is 16.3. The van der Waals surface area contributed by atoms with E-state index in [0.717, 1.165) is 116 Å². The van der Waals surface area contributed by atoms with Gasteiger partial charge in [-0.25, -0.2) is 15.0 Å². The third-order valence-corrected chi connectivity index (χ3v) is 14.0. The van der Waals surface area contributed by atoms with Crippen molar-refractivity contribution in [2.75, 3.05) is 0 Å². The van der Waals surface area contributed by atoms with Gasteiger partial charge in [0.1, 0.15) is 22.3 Å². The van der Waals surface area contributed by atoms with Crippen molar-refractivity contribution in [3.8, 4) is 56.7 Å². The maximum Gasteiger partial charge on any atom is 0.166 e. The molecule has 0 aliphatic carbocycles. The van der Waals surface area contributed by atoms with Crippen LogP contribution in [0.5, 0.6) is 0 Å². The molecule has 0 N–H and O–H groups in total. The second-order valence-corrected chi connectivity index (χ2v) is 17.9. The average Bonchev–Trinajstić information content (AvgIpc) is 4.18. The van der Waals surface area contributed by atoms with Crippen molar-refractivity contribution in [1.82, 2.24) is 24.1 Å². The standard InChI is InChI=1S/C63H37N5O2/c1-3-16-38(17-4-1)42-24-15-29-55-58(42)50-33-31-40(37-57(50)70-55)62-64-61(39-30-32-46-45-22-10-14-28-54(45)69-56(46)36-39)65-63(66-62)49-23-9-13-27-53(49)68-52-26-12-8-21-44(52)48-35-34-47-43-20-7-11-25-51(43)67(59(47)60(48)68)41-18-5-2-6-19-41/h1-37H. The summed E-state index contributed by atoms with van der Waals surface area (Å²) in [7, 11) is 0. The van der Waals surface area contributed by atoms with Gasteiger partial charge < -0.3 is 18.0 Å². The Morgan fingerprint density at radius 1 is 0.300 bits per heavy atom. The Morgan fingerprint density at radius 2 is 0.800 bits per heavy atom. The van der Waals surface area contributed by atoms with Gasteiger partial charge in [-0.3, -0.25) is 0 Å². The average molecular weight is 896 g/mol. The zero-order chi connectivity index (χ0) is 45.9. The minimum Gasteiger partial charge on any atom is -0.456 e. The van der Waals surface area contributed by atoms with Crippen LogP contribution in [0.1, 0.15) is 0 Å². The fourth-order valence-electron chi connectivity index (χ4n) is 10.9. The molecule has 0 saturated heterocycles. The molecule has 0 aliphatic heterocycles. The summed E-state index contributed by atoms with van der Waals surface area (Å²) in [6.45, 7) is 0. The molecule has 326 valence electrons. The van der Waals surface area contributed by atoms with E-state index in [2.05, 4.69) is 197 Å². The third kappa shape index (κ3) is 5.72. The van der Waals surface area contributed by atoms with E-state index in [1.165, 1.54) is 10.8 Å². The number of fused-ring (bicyclic) bond motifs is 13. The summed E-state index contributed by atoms with van der Waals surface area (Å²) in [5, 5.41) is 8.89. The van der Waals surface area contributed by atoms with E-state index in [-0.39, 0.29) is 0 Å². The first-order chi connectivity index (χ1) is 34.7. The summed E-state index contributed by atoms with van der Waals surface area (Å²) in [5.74, 6) is 1.60. The summed E-state index contributed by atoms with van der Waals surface area (Å²) >= 11 is 0. The van der Waals surface area contributed by atoms with E-state index in [4.69, 9.17) is 23.8 Å². The Morgan fingerprint density at radius 3 is 1.54 bits per heavy atom. The molecule has 7 heteroatoms. The van der Waals surface area contributed by atoms with Crippen molar-refractivity contribution in [3.05, 3.63) is 224 Å². The van der Waals surface area contributed by atoms with Crippen molar-refractivity contribution < 1.29 is 8.83 Å². The van der Waals surface area contributed by atoms with E-state index in [1.54, 1.807) is 0 Å². The fourth-order valence-corrected chi connectivity index (χ4v) is 10.9. The number of para-hydroxylation sites is 5. The summed E-state index contributed by atoms with van der Waals surface area (Å²) in [6, 6.07) is 78.5. The molecule has 0 bridgehead atoms. The van der Waals surface area contributed by atoms with Crippen molar-refractivity contribution >= 4 is 87.5 Å². The monoisotopic (exact) mass is 895 g/mol. The Hall–Kier alpha value is -9.59. The molecule has 15 aromatic rings. The number of aromatic nitrogens is 5. The summed E-state index contributed by atoms with van der Waals surface area (Å²) in [6.07, 6.45) is 0. The van der Waals surface area contributed by atoms with Crippen LogP contribution in [-0.4, -0.2) is 24.1 Å². The van der Waals surface area contributed by atoms with Crippen molar-refractivity contribution in [2.24, 2.45) is 0 Å². The van der Waals surface area contributed by atoms with E-state index >= 15 is 0 Å². The summed E-state index contributed by atoms with van der Waals surface area (Å²) in [4.78, 5) is 16.1. The maximum atomic E-state index is 6.64. The second-order valence-electron chi connectivity index (χ2n) is 17.9. The molecule has 0 atom stereocenters. The highest BCUT2D eigenvalue weighted by Gasteiger charge is 2.24. The molecule has 0 unspecified atom stereocenters. The molecule has 70 heavy (non-hydrogen) atoms. The van der Waals surface area contributed by atoms with Gasteiger partial charge in [-0.05, 0) is 83.9 Å². The molecule has 7 nitrogen and oxygen atoms in total. The van der Waals surface area contributed by atoms with Crippen LogP contribution in [0, 0.1) is 0 Å². The predicted molar refractivity (Wildman–Crippen MR) is 285 cm³/mol. The largest absolute Gasteiger partial charge is 0.456 e. The van der Waals surface area contributed by atoms with E-state index in [9.17, 15) is 0 Å². The molecule has 0 amide bonds. The Balaban J connectivity index is 0.993. The van der Waals surface area contributed by atoms with Gasteiger partial charge in [-0.1, -0.05) is 152 Å². The number of nitrogens with zero attached hydrogens (tertiary/aromatic N) is 5. The topological polar surface area (TPSA) is 74.8 Å². The number of hydrogen-bond acceptors (Lipinski definition) is 5. The van der Waals surface area contributed by atoms with Gasteiger partial charge in [0.05, 0.1) is 27.8 Å². The normalized spacial score (nSPS) is 12.0. The Bertz CT molecular complexity index is 4600. The Kier molecular flexibility index (Phi) is 8.23. The highest BCUT2D eigenvalue weighted by Crippen LogP contribution is 2.44. The van der Waals surface area contributed by atoms with Gasteiger partial charge >= 0.3 is 0 Å².